The first-order valence-corrected chi connectivity index (χ1v) is 7.14. The highest BCUT2D eigenvalue weighted by atomic mass is 16.5. The molecule has 2 rings (SSSR count). The zero-order chi connectivity index (χ0) is 16.9. The largest absolute Gasteiger partial charge is 0.473 e. The summed E-state index contributed by atoms with van der Waals surface area (Å²) in [5, 5.41) is 2.58. The summed E-state index contributed by atoms with van der Waals surface area (Å²) in [6.45, 7) is 3.44. The molecule has 1 heterocycles. The van der Waals surface area contributed by atoms with Crippen molar-refractivity contribution in [2.45, 2.75) is 26.0 Å². The molecule has 0 aliphatic carbocycles. The first kappa shape index (κ1) is 16.5. The third kappa shape index (κ3) is 4.54. The molecule has 23 heavy (non-hydrogen) atoms. The van der Waals surface area contributed by atoms with Crippen LogP contribution in [-0.4, -0.2) is 22.3 Å². The molecule has 0 unspecified atom stereocenters. The molecule has 0 saturated carbocycles. The molecule has 1 aromatic heterocycles. The minimum Gasteiger partial charge on any atom is -0.473 e. The van der Waals surface area contributed by atoms with Crippen molar-refractivity contribution >= 4 is 11.8 Å². The van der Waals surface area contributed by atoms with Crippen LogP contribution in [0.4, 0.5) is 0 Å². The third-order valence-corrected chi connectivity index (χ3v) is 3.27. The number of pyridine rings is 1. The van der Waals surface area contributed by atoms with Crippen molar-refractivity contribution in [1.29, 1.82) is 0 Å². The molecule has 0 aliphatic heterocycles. The number of amides is 2. The molecular weight excluding hydrogens is 294 g/mol. The van der Waals surface area contributed by atoms with E-state index in [9.17, 15) is 9.59 Å². The molecule has 2 amide bonds. The maximum absolute atomic E-state index is 12.2. The predicted molar refractivity (Wildman–Crippen MR) is 85.8 cm³/mol. The lowest BCUT2D eigenvalue weighted by Gasteiger charge is -2.22. The Hall–Kier alpha value is -2.89. The zero-order valence-corrected chi connectivity index (χ0v) is 13.1. The van der Waals surface area contributed by atoms with E-state index < -0.39 is 17.4 Å². The lowest BCUT2D eigenvalue weighted by Crippen LogP contribution is -2.53. The zero-order valence-electron chi connectivity index (χ0n) is 13.1. The Morgan fingerprint density at radius 3 is 2.57 bits per heavy atom. The van der Waals surface area contributed by atoms with Crippen LogP contribution in [0.3, 0.4) is 0 Å². The molecule has 6 nitrogen and oxygen atoms in total. The Bertz CT molecular complexity index is 699. The summed E-state index contributed by atoms with van der Waals surface area (Å²) in [6, 6.07) is 12.7. The van der Waals surface area contributed by atoms with Gasteiger partial charge in [-0.25, -0.2) is 4.98 Å². The highest BCUT2D eigenvalue weighted by Gasteiger charge is 2.27. The van der Waals surface area contributed by atoms with Crippen LogP contribution >= 0.6 is 0 Å². The van der Waals surface area contributed by atoms with Gasteiger partial charge in [-0.1, -0.05) is 30.3 Å². The number of rotatable bonds is 6. The second-order valence-electron chi connectivity index (χ2n) is 5.60. The van der Waals surface area contributed by atoms with Gasteiger partial charge in [0.1, 0.15) is 12.1 Å². The number of carbonyl (C=O) groups excluding carboxylic acids is 2. The average Bonchev–Trinajstić information content (AvgIpc) is 2.53. The number of aromatic nitrogens is 1. The van der Waals surface area contributed by atoms with Crippen molar-refractivity contribution in [2.75, 3.05) is 0 Å². The van der Waals surface area contributed by atoms with Crippen molar-refractivity contribution in [3.63, 3.8) is 0 Å². The molecule has 0 atom stereocenters. The number of carbonyl (C=O) groups is 2. The Kier molecular flexibility index (Phi) is 4.95. The molecule has 1 aromatic carbocycles. The van der Waals surface area contributed by atoms with Gasteiger partial charge in [0.25, 0.3) is 5.91 Å². The topological polar surface area (TPSA) is 94.3 Å². The van der Waals surface area contributed by atoms with Crippen LogP contribution in [0.15, 0.2) is 48.7 Å². The van der Waals surface area contributed by atoms with Gasteiger partial charge in [0.05, 0.1) is 0 Å². The number of nitrogens with one attached hydrogen (secondary N) is 1. The minimum absolute atomic E-state index is 0.332. The predicted octanol–water partition coefficient (Wildman–Crippen LogP) is 1.65. The maximum Gasteiger partial charge on any atom is 0.252 e. The summed E-state index contributed by atoms with van der Waals surface area (Å²) < 4.78 is 5.58. The van der Waals surface area contributed by atoms with Gasteiger partial charge in [-0.3, -0.25) is 9.59 Å². The van der Waals surface area contributed by atoms with E-state index in [4.69, 9.17) is 10.5 Å². The molecule has 0 aliphatic rings. The molecule has 6 heteroatoms. The highest BCUT2D eigenvalue weighted by Crippen LogP contribution is 2.13. The number of hydrogen-bond donors (Lipinski definition) is 2. The highest BCUT2D eigenvalue weighted by molar-refractivity contribution is 5.98. The first-order chi connectivity index (χ1) is 10.9. The third-order valence-electron chi connectivity index (χ3n) is 3.27. The van der Waals surface area contributed by atoms with Crippen molar-refractivity contribution in [3.05, 3.63) is 59.8 Å². The Balaban J connectivity index is 2.04. The van der Waals surface area contributed by atoms with Gasteiger partial charge in [-0.05, 0) is 25.5 Å². The van der Waals surface area contributed by atoms with Gasteiger partial charge in [0.15, 0.2) is 0 Å². The quantitative estimate of drug-likeness (QED) is 0.848. The van der Waals surface area contributed by atoms with E-state index in [2.05, 4.69) is 10.3 Å². The van der Waals surface area contributed by atoms with Gasteiger partial charge in [0, 0.05) is 17.8 Å². The molecule has 120 valence electrons. The molecule has 0 bridgehead atoms. The van der Waals surface area contributed by atoms with Gasteiger partial charge >= 0.3 is 0 Å². The number of ether oxygens (including phenoxy) is 1. The summed E-state index contributed by atoms with van der Waals surface area (Å²) in [7, 11) is 0. The van der Waals surface area contributed by atoms with E-state index in [-0.39, 0.29) is 0 Å². The van der Waals surface area contributed by atoms with Crippen LogP contribution in [0, 0.1) is 0 Å². The van der Waals surface area contributed by atoms with Crippen LogP contribution in [0.1, 0.15) is 29.8 Å². The average molecular weight is 313 g/mol. The second kappa shape index (κ2) is 6.91. The molecule has 0 radical (unpaired) electrons. The van der Waals surface area contributed by atoms with Crippen LogP contribution in [0.25, 0.3) is 0 Å². The van der Waals surface area contributed by atoms with Crippen LogP contribution < -0.4 is 15.8 Å². The van der Waals surface area contributed by atoms with Gasteiger partial charge in [-0.2, -0.15) is 0 Å². The standard InChI is InChI=1S/C17H19N3O3/c1-17(2,16(18)22)20-15(21)13-8-9-19-14(10-13)23-11-12-6-4-3-5-7-12/h3-10H,11H2,1-2H3,(H2,18,22)(H,20,21). The molecule has 0 fully saturated rings. The van der Waals surface area contributed by atoms with Gasteiger partial charge < -0.3 is 15.8 Å². The normalized spacial score (nSPS) is 10.9. The van der Waals surface area contributed by atoms with Gasteiger partial charge in [0.2, 0.25) is 11.8 Å². The fourth-order valence-electron chi connectivity index (χ4n) is 1.78. The van der Waals surface area contributed by atoms with E-state index in [1.807, 2.05) is 30.3 Å². The maximum atomic E-state index is 12.2. The lowest BCUT2D eigenvalue weighted by molar-refractivity contribution is -0.122. The van der Waals surface area contributed by atoms with E-state index in [1.165, 1.54) is 12.3 Å². The molecule has 3 N–H and O–H groups in total. The SMILES string of the molecule is CC(C)(NC(=O)c1ccnc(OCc2ccccc2)c1)C(N)=O. The van der Waals surface area contributed by atoms with Gasteiger partial charge in [-0.15, -0.1) is 0 Å². The summed E-state index contributed by atoms with van der Waals surface area (Å²) >= 11 is 0. The number of benzene rings is 1. The fourth-order valence-corrected chi connectivity index (χ4v) is 1.78. The second-order valence-corrected chi connectivity index (χ2v) is 5.60. The van der Waals surface area contributed by atoms with Crippen molar-refractivity contribution < 1.29 is 14.3 Å². The number of nitrogens with two attached hydrogens (primary N) is 1. The van der Waals surface area contributed by atoms with Crippen LogP contribution in [0.2, 0.25) is 0 Å². The van der Waals surface area contributed by atoms with Crippen LogP contribution in [0.5, 0.6) is 5.88 Å². The Morgan fingerprint density at radius 1 is 1.22 bits per heavy atom. The van der Waals surface area contributed by atoms with E-state index in [0.717, 1.165) is 5.56 Å². The summed E-state index contributed by atoms with van der Waals surface area (Å²) in [5.74, 6) is -0.695. The van der Waals surface area contributed by atoms with Crippen molar-refractivity contribution in [3.8, 4) is 5.88 Å². The van der Waals surface area contributed by atoms with E-state index in [0.29, 0.717) is 18.1 Å². The summed E-state index contributed by atoms with van der Waals surface area (Å²) in [6.07, 6.45) is 1.48. The Labute approximate surface area is 134 Å². The monoisotopic (exact) mass is 313 g/mol. The Morgan fingerprint density at radius 2 is 1.91 bits per heavy atom. The van der Waals surface area contributed by atoms with E-state index in [1.54, 1.807) is 19.9 Å². The number of primary amides is 1. The minimum atomic E-state index is -1.13. The number of hydrogen-bond acceptors (Lipinski definition) is 4. The fraction of sp³-hybridized carbons (Fsp3) is 0.235. The molecule has 2 aromatic rings. The van der Waals surface area contributed by atoms with Crippen molar-refractivity contribution in [1.82, 2.24) is 10.3 Å². The first-order valence-electron chi connectivity index (χ1n) is 7.14. The smallest absolute Gasteiger partial charge is 0.252 e. The molecular formula is C17H19N3O3. The van der Waals surface area contributed by atoms with Crippen LogP contribution in [-0.2, 0) is 11.4 Å². The number of nitrogens with zero attached hydrogens (tertiary/aromatic N) is 1. The summed E-state index contributed by atoms with van der Waals surface area (Å²) in [5.41, 5.74) is 5.46. The van der Waals surface area contributed by atoms with Crippen molar-refractivity contribution in [2.24, 2.45) is 5.73 Å². The lowest BCUT2D eigenvalue weighted by atomic mass is 10.0. The van der Waals surface area contributed by atoms with E-state index >= 15 is 0 Å². The molecule has 0 spiro atoms. The summed E-state index contributed by atoms with van der Waals surface area (Å²) in [4.78, 5) is 27.5. The molecule has 0 saturated heterocycles.